The number of thiazole rings is 1. The maximum absolute atomic E-state index is 11.9. The summed E-state index contributed by atoms with van der Waals surface area (Å²) < 4.78 is 2.01. The number of amides is 1. The predicted octanol–water partition coefficient (Wildman–Crippen LogP) is 3.13. The van der Waals surface area contributed by atoms with E-state index < -0.39 is 0 Å². The van der Waals surface area contributed by atoms with E-state index in [0.29, 0.717) is 5.95 Å². The monoisotopic (exact) mass is 316 g/mol. The third-order valence-electron chi connectivity index (χ3n) is 2.65. The summed E-state index contributed by atoms with van der Waals surface area (Å²) in [5, 5.41) is 2.68. The summed E-state index contributed by atoms with van der Waals surface area (Å²) in [7, 11) is 0. The standard InChI is InChI=1S/C14H12N4OS2/c1-9-6-7-15-13(16-9)18-12(19)8-20-14-17-10-4-2-3-5-11(10)21-14/h2-7H,8H2,1H3,(H,15,16,18,19). The summed E-state index contributed by atoms with van der Waals surface area (Å²) in [4.78, 5) is 24.5. The number of carbonyl (C=O) groups is 1. The van der Waals surface area contributed by atoms with Crippen molar-refractivity contribution in [2.75, 3.05) is 11.1 Å². The number of anilines is 1. The van der Waals surface area contributed by atoms with E-state index in [1.165, 1.54) is 11.8 Å². The van der Waals surface area contributed by atoms with E-state index >= 15 is 0 Å². The third-order valence-corrected chi connectivity index (χ3v) is 4.83. The molecule has 0 atom stereocenters. The van der Waals surface area contributed by atoms with Crippen molar-refractivity contribution in [3.8, 4) is 0 Å². The minimum atomic E-state index is -0.134. The van der Waals surface area contributed by atoms with E-state index in [4.69, 9.17) is 0 Å². The molecule has 1 aromatic carbocycles. The van der Waals surface area contributed by atoms with Crippen LogP contribution in [-0.2, 0) is 4.79 Å². The van der Waals surface area contributed by atoms with Gasteiger partial charge in [0.1, 0.15) is 0 Å². The van der Waals surface area contributed by atoms with Crippen molar-refractivity contribution < 1.29 is 4.79 Å². The zero-order valence-corrected chi connectivity index (χ0v) is 12.9. The maximum atomic E-state index is 11.9. The van der Waals surface area contributed by atoms with Crippen LogP contribution in [0.1, 0.15) is 5.69 Å². The Kier molecular flexibility index (Phi) is 4.12. The zero-order valence-electron chi connectivity index (χ0n) is 11.2. The van der Waals surface area contributed by atoms with Crippen molar-refractivity contribution in [1.82, 2.24) is 15.0 Å². The molecule has 0 unspecified atom stereocenters. The van der Waals surface area contributed by atoms with Crippen LogP contribution in [0.25, 0.3) is 10.2 Å². The average Bonchev–Trinajstić information content (AvgIpc) is 2.88. The highest BCUT2D eigenvalue weighted by Gasteiger charge is 2.08. The van der Waals surface area contributed by atoms with Crippen molar-refractivity contribution in [3.63, 3.8) is 0 Å². The quantitative estimate of drug-likeness (QED) is 0.749. The number of para-hydroxylation sites is 1. The van der Waals surface area contributed by atoms with Crippen LogP contribution in [0.15, 0.2) is 40.9 Å². The molecule has 0 spiro atoms. The van der Waals surface area contributed by atoms with Gasteiger partial charge in [0, 0.05) is 11.9 Å². The summed E-state index contributed by atoms with van der Waals surface area (Å²) in [6.07, 6.45) is 1.62. The van der Waals surface area contributed by atoms with Crippen LogP contribution in [-0.4, -0.2) is 26.6 Å². The molecule has 106 valence electrons. The topological polar surface area (TPSA) is 67.8 Å². The van der Waals surface area contributed by atoms with Gasteiger partial charge in [-0.1, -0.05) is 23.9 Å². The first kappa shape index (κ1) is 14.0. The van der Waals surface area contributed by atoms with E-state index in [-0.39, 0.29) is 11.7 Å². The van der Waals surface area contributed by atoms with E-state index in [2.05, 4.69) is 20.3 Å². The molecule has 0 bridgehead atoms. The number of fused-ring (bicyclic) bond motifs is 1. The Bertz CT molecular complexity index is 754. The van der Waals surface area contributed by atoms with Crippen LogP contribution in [0.4, 0.5) is 5.95 Å². The van der Waals surface area contributed by atoms with Gasteiger partial charge >= 0.3 is 0 Å². The van der Waals surface area contributed by atoms with Gasteiger partial charge in [0.05, 0.1) is 16.0 Å². The van der Waals surface area contributed by atoms with Crippen molar-refractivity contribution >= 4 is 45.2 Å². The molecule has 0 fully saturated rings. The van der Waals surface area contributed by atoms with Crippen LogP contribution in [0.3, 0.4) is 0 Å². The summed E-state index contributed by atoms with van der Waals surface area (Å²) in [5.41, 5.74) is 1.78. The SMILES string of the molecule is Cc1ccnc(NC(=O)CSc2nc3ccccc3s2)n1. The summed E-state index contributed by atoms with van der Waals surface area (Å²) in [6.45, 7) is 1.85. The Labute approximate surface area is 129 Å². The third kappa shape index (κ3) is 3.56. The number of nitrogens with zero attached hydrogens (tertiary/aromatic N) is 3. The Balaban J connectivity index is 1.60. The van der Waals surface area contributed by atoms with Gasteiger partial charge in [0.25, 0.3) is 0 Å². The first-order valence-electron chi connectivity index (χ1n) is 6.28. The lowest BCUT2D eigenvalue weighted by Crippen LogP contribution is -2.16. The van der Waals surface area contributed by atoms with Crippen molar-refractivity contribution in [1.29, 1.82) is 0 Å². The van der Waals surface area contributed by atoms with E-state index in [1.807, 2.05) is 31.2 Å². The van der Waals surface area contributed by atoms with Gasteiger partial charge in [0.2, 0.25) is 11.9 Å². The molecule has 0 radical (unpaired) electrons. The molecule has 0 aliphatic heterocycles. The number of aryl methyl sites for hydroxylation is 1. The largest absolute Gasteiger partial charge is 0.294 e. The molecule has 0 aliphatic rings. The molecule has 3 aromatic rings. The van der Waals surface area contributed by atoms with Gasteiger partial charge in [-0.2, -0.15) is 0 Å². The fourth-order valence-electron chi connectivity index (χ4n) is 1.71. The van der Waals surface area contributed by atoms with Crippen LogP contribution < -0.4 is 5.32 Å². The fourth-order valence-corrected chi connectivity index (χ4v) is 3.58. The number of rotatable bonds is 4. The van der Waals surface area contributed by atoms with E-state index in [1.54, 1.807) is 23.6 Å². The van der Waals surface area contributed by atoms with Gasteiger partial charge < -0.3 is 0 Å². The van der Waals surface area contributed by atoms with Crippen LogP contribution in [0.2, 0.25) is 0 Å². The minimum absolute atomic E-state index is 0.134. The molecule has 0 aliphatic carbocycles. The summed E-state index contributed by atoms with van der Waals surface area (Å²) in [5.74, 6) is 0.492. The molecule has 5 nitrogen and oxygen atoms in total. The number of benzene rings is 1. The van der Waals surface area contributed by atoms with Gasteiger partial charge in [-0.15, -0.1) is 11.3 Å². The molecular formula is C14H12N4OS2. The molecule has 0 saturated carbocycles. The van der Waals surface area contributed by atoms with Crippen molar-refractivity contribution in [3.05, 3.63) is 42.2 Å². The molecule has 2 aromatic heterocycles. The Morgan fingerprint density at radius 2 is 2.14 bits per heavy atom. The van der Waals surface area contributed by atoms with Crippen molar-refractivity contribution in [2.24, 2.45) is 0 Å². The first-order chi connectivity index (χ1) is 10.2. The van der Waals surface area contributed by atoms with Crippen LogP contribution in [0, 0.1) is 6.92 Å². The molecule has 3 rings (SSSR count). The molecule has 21 heavy (non-hydrogen) atoms. The van der Waals surface area contributed by atoms with Crippen LogP contribution >= 0.6 is 23.1 Å². The molecule has 1 amide bonds. The number of aromatic nitrogens is 3. The molecule has 1 N–H and O–H groups in total. The Hall–Kier alpha value is -1.99. The molecule has 2 heterocycles. The van der Waals surface area contributed by atoms with Gasteiger partial charge in [-0.3, -0.25) is 10.1 Å². The lowest BCUT2D eigenvalue weighted by molar-refractivity contribution is -0.113. The predicted molar refractivity (Wildman–Crippen MR) is 85.7 cm³/mol. The van der Waals surface area contributed by atoms with Gasteiger partial charge in [-0.05, 0) is 25.1 Å². The van der Waals surface area contributed by atoms with Gasteiger partial charge in [0.15, 0.2) is 4.34 Å². The second-order valence-corrected chi connectivity index (χ2v) is 6.56. The normalized spacial score (nSPS) is 10.7. The van der Waals surface area contributed by atoms with Crippen LogP contribution in [0.5, 0.6) is 0 Å². The average molecular weight is 316 g/mol. The second kappa shape index (κ2) is 6.19. The number of hydrogen-bond donors (Lipinski definition) is 1. The number of carbonyl (C=O) groups excluding carboxylic acids is 1. The molecule has 7 heteroatoms. The maximum Gasteiger partial charge on any atom is 0.237 e. The second-order valence-electron chi connectivity index (χ2n) is 4.31. The molecule has 0 saturated heterocycles. The molecular weight excluding hydrogens is 304 g/mol. The fraction of sp³-hybridized carbons (Fsp3) is 0.143. The highest BCUT2D eigenvalue weighted by atomic mass is 32.2. The highest BCUT2D eigenvalue weighted by molar-refractivity contribution is 8.01. The smallest absolute Gasteiger partial charge is 0.237 e. The highest BCUT2D eigenvalue weighted by Crippen LogP contribution is 2.29. The lowest BCUT2D eigenvalue weighted by atomic mass is 10.3. The zero-order chi connectivity index (χ0) is 14.7. The van der Waals surface area contributed by atoms with Gasteiger partial charge in [-0.25, -0.2) is 15.0 Å². The summed E-state index contributed by atoms with van der Waals surface area (Å²) in [6, 6.07) is 9.72. The Morgan fingerprint density at radius 3 is 2.95 bits per heavy atom. The number of thioether (sulfide) groups is 1. The van der Waals surface area contributed by atoms with E-state index in [0.717, 1.165) is 20.3 Å². The lowest BCUT2D eigenvalue weighted by Gasteiger charge is -2.02. The minimum Gasteiger partial charge on any atom is -0.294 e. The van der Waals surface area contributed by atoms with E-state index in [9.17, 15) is 4.79 Å². The first-order valence-corrected chi connectivity index (χ1v) is 8.09. The number of hydrogen-bond acceptors (Lipinski definition) is 6. The summed E-state index contributed by atoms with van der Waals surface area (Å²) >= 11 is 3.01. The Morgan fingerprint density at radius 1 is 1.29 bits per heavy atom. The number of nitrogens with one attached hydrogen (secondary N) is 1. The van der Waals surface area contributed by atoms with Crippen molar-refractivity contribution in [2.45, 2.75) is 11.3 Å².